The Kier molecular flexibility index (Phi) is 2.88. The van der Waals surface area contributed by atoms with Crippen LogP contribution in [0.3, 0.4) is 0 Å². The zero-order valence-electron chi connectivity index (χ0n) is 8.26. The van der Waals surface area contributed by atoms with Gasteiger partial charge in [0.1, 0.15) is 0 Å². The summed E-state index contributed by atoms with van der Waals surface area (Å²) in [6, 6.07) is 12.5. The van der Waals surface area contributed by atoms with Gasteiger partial charge in [-0.3, -0.25) is 9.59 Å². The van der Waals surface area contributed by atoms with Crippen LogP contribution < -0.4 is 0 Å². The lowest BCUT2D eigenvalue weighted by atomic mass is 10.2. The van der Waals surface area contributed by atoms with Gasteiger partial charge < -0.3 is 4.57 Å². The molecule has 0 atom stereocenters. The molecule has 0 radical (unpaired) electrons. The van der Waals surface area contributed by atoms with Gasteiger partial charge in [0.05, 0.1) is 5.69 Å². The van der Waals surface area contributed by atoms with Crippen LogP contribution in [0.2, 0.25) is 0 Å². The molecule has 0 fully saturated rings. The third kappa shape index (κ3) is 1.90. The predicted molar refractivity (Wildman–Crippen MR) is 61.0 cm³/mol. The SMILES string of the molecule is O=C(Cl)C(=O)c1cccn1-c1ccccc1. The fourth-order valence-corrected chi connectivity index (χ4v) is 1.58. The highest BCUT2D eigenvalue weighted by molar-refractivity contribution is 6.83. The van der Waals surface area contributed by atoms with Crippen LogP contribution in [0.25, 0.3) is 5.69 Å². The molecule has 4 heteroatoms. The molecule has 80 valence electrons. The van der Waals surface area contributed by atoms with Crippen molar-refractivity contribution in [2.75, 3.05) is 0 Å². The van der Waals surface area contributed by atoms with E-state index in [2.05, 4.69) is 0 Å². The number of rotatable bonds is 3. The van der Waals surface area contributed by atoms with Gasteiger partial charge in [0.25, 0.3) is 11.0 Å². The fraction of sp³-hybridized carbons (Fsp3) is 0. The molecular formula is C12H8ClNO2. The molecule has 0 spiro atoms. The summed E-state index contributed by atoms with van der Waals surface area (Å²) < 4.78 is 1.63. The number of para-hydroxylation sites is 1. The monoisotopic (exact) mass is 233 g/mol. The molecule has 2 aromatic rings. The van der Waals surface area contributed by atoms with Crippen molar-refractivity contribution in [2.45, 2.75) is 0 Å². The van der Waals surface area contributed by atoms with Gasteiger partial charge in [0, 0.05) is 11.9 Å². The standard InChI is InChI=1S/C12H8ClNO2/c13-12(16)11(15)10-7-4-8-14(10)9-5-2-1-3-6-9/h1-8H. The second-order valence-electron chi connectivity index (χ2n) is 3.20. The highest BCUT2D eigenvalue weighted by Crippen LogP contribution is 2.13. The van der Waals surface area contributed by atoms with E-state index < -0.39 is 11.0 Å². The van der Waals surface area contributed by atoms with E-state index in [1.165, 1.54) is 0 Å². The fourth-order valence-electron chi connectivity index (χ4n) is 1.48. The first kappa shape index (κ1) is 10.6. The number of carbonyl (C=O) groups excluding carboxylic acids is 2. The smallest absolute Gasteiger partial charge is 0.294 e. The van der Waals surface area contributed by atoms with Gasteiger partial charge in [-0.2, -0.15) is 0 Å². The topological polar surface area (TPSA) is 39.1 Å². The van der Waals surface area contributed by atoms with Crippen LogP contribution in [0, 0.1) is 0 Å². The number of nitrogens with zero attached hydrogens (tertiary/aromatic N) is 1. The van der Waals surface area contributed by atoms with E-state index >= 15 is 0 Å². The Morgan fingerprint density at radius 2 is 1.69 bits per heavy atom. The number of aromatic nitrogens is 1. The summed E-state index contributed by atoms with van der Waals surface area (Å²) in [6.07, 6.45) is 1.71. The number of benzene rings is 1. The van der Waals surface area contributed by atoms with Crippen molar-refractivity contribution in [3.8, 4) is 5.69 Å². The van der Waals surface area contributed by atoms with Crippen molar-refractivity contribution in [1.82, 2.24) is 4.57 Å². The average molecular weight is 234 g/mol. The molecule has 0 aliphatic carbocycles. The minimum absolute atomic E-state index is 0.270. The summed E-state index contributed by atoms with van der Waals surface area (Å²) in [6.45, 7) is 0. The highest BCUT2D eigenvalue weighted by Gasteiger charge is 2.17. The molecule has 0 saturated heterocycles. The maximum atomic E-state index is 11.5. The van der Waals surface area contributed by atoms with Crippen LogP contribution in [-0.4, -0.2) is 15.6 Å². The maximum absolute atomic E-state index is 11.5. The van der Waals surface area contributed by atoms with Gasteiger partial charge in [-0.15, -0.1) is 0 Å². The molecule has 0 amide bonds. The average Bonchev–Trinajstić information content (AvgIpc) is 2.77. The maximum Gasteiger partial charge on any atom is 0.294 e. The van der Waals surface area contributed by atoms with Gasteiger partial charge in [-0.25, -0.2) is 0 Å². The minimum Gasteiger partial charge on any atom is -0.314 e. The molecule has 0 aliphatic rings. The molecule has 0 saturated carbocycles. The van der Waals surface area contributed by atoms with Crippen LogP contribution in [0.15, 0.2) is 48.7 Å². The first-order valence-electron chi connectivity index (χ1n) is 4.67. The number of hydrogen-bond acceptors (Lipinski definition) is 2. The Labute approximate surface area is 97.3 Å². The summed E-state index contributed by atoms with van der Waals surface area (Å²) in [5.41, 5.74) is 1.08. The van der Waals surface area contributed by atoms with Gasteiger partial charge in [0.2, 0.25) is 0 Å². The Morgan fingerprint density at radius 1 is 1.00 bits per heavy atom. The normalized spacial score (nSPS) is 10.1. The number of halogens is 1. The highest BCUT2D eigenvalue weighted by atomic mass is 35.5. The summed E-state index contributed by atoms with van der Waals surface area (Å²) in [4.78, 5) is 22.3. The second-order valence-corrected chi connectivity index (χ2v) is 3.55. The Hall–Kier alpha value is -1.87. The van der Waals surface area contributed by atoms with Crippen molar-refractivity contribution in [1.29, 1.82) is 0 Å². The van der Waals surface area contributed by atoms with E-state index in [-0.39, 0.29) is 5.69 Å². The lowest BCUT2D eigenvalue weighted by Gasteiger charge is -2.06. The van der Waals surface area contributed by atoms with Crippen LogP contribution in [0.4, 0.5) is 0 Å². The summed E-state index contributed by atoms with van der Waals surface area (Å²) >= 11 is 5.18. The molecule has 1 aromatic carbocycles. The van der Waals surface area contributed by atoms with Crippen molar-refractivity contribution in [3.63, 3.8) is 0 Å². The van der Waals surface area contributed by atoms with E-state index in [0.717, 1.165) is 5.69 Å². The van der Waals surface area contributed by atoms with E-state index in [0.29, 0.717) is 0 Å². The molecule has 0 bridgehead atoms. The quantitative estimate of drug-likeness (QED) is 0.464. The van der Waals surface area contributed by atoms with Gasteiger partial charge in [0.15, 0.2) is 0 Å². The van der Waals surface area contributed by atoms with E-state index in [9.17, 15) is 9.59 Å². The third-order valence-corrected chi connectivity index (χ3v) is 2.37. The van der Waals surface area contributed by atoms with E-state index in [1.54, 1.807) is 22.9 Å². The van der Waals surface area contributed by atoms with Crippen molar-refractivity contribution >= 4 is 22.6 Å². The second kappa shape index (κ2) is 4.33. The first-order chi connectivity index (χ1) is 7.70. The summed E-state index contributed by atoms with van der Waals surface area (Å²) in [5.74, 6) is -0.699. The van der Waals surface area contributed by atoms with E-state index in [1.807, 2.05) is 30.3 Å². The summed E-state index contributed by atoms with van der Waals surface area (Å²) in [5, 5.41) is -0.976. The molecule has 1 heterocycles. The Balaban J connectivity index is 2.48. The van der Waals surface area contributed by atoms with Crippen molar-refractivity contribution in [2.24, 2.45) is 0 Å². The predicted octanol–water partition coefficient (Wildman–Crippen LogP) is 2.43. The zero-order valence-corrected chi connectivity index (χ0v) is 9.02. The number of ketones is 1. The van der Waals surface area contributed by atoms with E-state index in [4.69, 9.17) is 11.6 Å². The molecule has 3 nitrogen and oxygen atoms in total. The van der Waals surface area contributed by atoms with Crippen molar-refractivity contribution < 1.29 is 9.59 Å². The molecule has 16 heavy (non-hydrogen) atoms. The van der Waals surface area contributed by atoms with Crippen LogP contribution in [0.5, 0.6) is 0 Å². The van der Waals surface area contributed by atoms with Gasteiger partial charge >= 0.3 is 0 Å². The molecule has 0 aliphatic heterocycles. The largest absolute Gasteiger partial charge is 0.314 e. The first-order valence-corrected chi connectivity index (χ1v) is 5.05. The number of carbonyl (C=O) groups is 2. The molecule has 1 aromatic heterocycles. The lowest BCUT2D eigenvalue weighted by molar-refractivity contribution is -0.108. The molecular weight excluding hydrogens is 226 g/mol. The molecule has 2 rings (SSSR count). The Morgan fingerprint density at radius 3 is 2.31 bits per heavy atom. The Bertz CT molecular complexity index is 531. The summed E-state index contributed by atoms with van der Waals surface area (Å²) in [7, 11) is 0. The van der Waals surface area contributed by atoms with Crippen LogP contribution in [0.1, 0.15) is 10.5 Å². The van der Waals surface area contributed by atoms with Crippen molar-refractivity contribution in [3.05, 3.63) is 54.4 Å². The van der Waals surface area contributed by atoms with Crippen LogP contribution >= 0.6 is 11.6 Å². The number of Topliss-reactive ketones (excluding diaryl/α,β-unsaturated/α-hetero) is 1. The molecule has 0 N–H and O–H groups in total. The zero-order chi connectivity index (χ0) is 11.5. The van der Waals surface area contributed by atoms with Crippen LogP contribution in [-0.2, 0) is 4.79 Å². The minimum atomic E-state index is -0.976. The third-order valence-electron chi connectivity index (χ3n) is 2.19. The van der Waals surface area contributed by atoms with Gasteiger partial charge in [-0.1, -0.05) is 18.2 Å². The molecule has 0 unspecified atom stereocenters. The number of hydrogen-bond donors (Lipinski definition) is 0. The lowest BCUT2D eigenvalue weighted by Crippen LogP contribution is -2.12. The van der Waals surface area contributed by atoms with Gasteiger partial charge in [-0.05, 0) is 35.9 Å².